The van der Waals surface area contributed by atoms with Crippen LogP contribution in [0.2, 0.25) is 0 Å². The van der Waals surface area contributed by atoms with Crippen molar-refractivity contribution in [3.63, 3.8) is 0 Å². The predicted octanol–water partition coefficient (Wildman–Crippen LogP) is 3.96. The summed E-state index contributed by atoms with van der Waals surface area (Å²) in [6.07, 6.45) is 8.69. The molecule has 0 aliphatic heterocycles. The molecule has 0 unspecified atom stereocenters. The number of aromatic nitrogens is 4. The van der Waals surface area contributed by atoms with Crippen LogP contribution in [-0.2, 0) is 7.05 Å². The van der Waals surface area contributed by atoms with Gasteiger partial charge in [-0.3, -0.25) is 0 Å². The summed E-state index contributed by atoms with van der Waals surface area (Å²) < 4.78 is 3.49. The fourth-order valence-corrected chi connectivity index (χ4v) is 3.38. The van der Waals surface area contributed by atoms with Crippen LogP contribution in [0.1, 0.15) is 37.3 Å². The van der Waals surface area contributed by atoms with E-state index in [-0.39, 0.29) is 0 Å². The molecule has 0 spiro atoms. The molecule has 1 aliphatic rings. The second-order valence-corrected chi connectivity index (χ2v) is 6.14. The van der Waals surface area contributed by atoms with Crippen LogP contribution >= 0.6 is 28.1 Å². The third-order valence-corrected chi connectivity index (χ3v) is 5.05. The predicted molar refractivity (Wildman–Crippen MR) is 80.5 cm³/mol. The van der Waals surface area contributed by atoms with Crippen LogP contribution in [0.4, 0.5) is 0 Å². The summed E-state index contributed by atoms with van der Waals surface area (Å²) in [5.41, 5.74) is 1.18. The van der Waals surface area contributed by atoms with Gasteiger partial charge in [0.05, 0.1) is 4.47 Å². The maximum absolute atomic E-state index is 5.37. The zero-order valence-electron chi connectivity index (χ0n) is 10.7. The Kier molecular flexibility index (Phi) is 3.54. The Balaban J connectivity index is 2.12. The molecule has 1 saturated carbocycles. The van der Waals surface area contributed by atoms with Crippen molar-refractivity contribution in [1.29, 1.82) is 0 Å². The lowest BCUT2D eigenvalue weighted by molar-refractivity contribution is 0.688. The topological polar surface area (TPSA) is 46.5 Å². The van der Waals surface area contributed by atoms with Crippen LogP contribution < -0.4 is 0 Å². The van der Waals surface area contributed by atoms with E-state index in [0.717, 1.165) is 16.1 Å². The maximum Gasteiger partial charge on any atom is 0.175 e. The average Bonchev–Trinajstić information content (AvgIpc) is 3.03. The SMILES string of the molecule is Cn1ccnc1-c1nc(=S)c(Br)c(C2CCCC2)[nH]1. The van der Waals surface area contributed by atoms with E-state index in [0.29, 0.717) is 10.6 Å². The highest BCUT2D eigenvalue weighted by molar-refractivity contribution is 9.10. The highest BCUT2D eigenvalue weighted by atomic mass is 79.9. The first-order valence-electron chi connectivity index (χ1n) is 6.44. The Bertz CT molecular complexity index is 655. The number of nitrogens with zero attached hydrogens (tertiary/aromatic N) is 3. The van der Waals surface area contributed by atoms with Crippen LogP contribution in [-0.4, -0.2) is 19.5 Å². The van der Waals surface area contributed by atoms with Crippen molar-refractivity contribution in [1.82, 2.24) is 19.5 Å². The Morgan fingerprint density at radius 3 is 2.79 bits per heavy atom. The molecule has 4 nitrogen and oxygen atoms in total. The third-order valence-electron chi connectivity index (χ3n) is 3.69. The van der Waals surface area contributed by atoms with Crippen molar-refractivity contribution in [2.75, 3.05) is 0 Å². The minimum Gasteiger partial charge on any atom is -0.339 e. The first-order valence-corrected chi connectivity index (χ1v) is 7.64. The van der Waals surface area contributed by atoms with Crippen LogP contribution in [0.5, 0.6) is 0 Å². The molecule has 1 N–H and O–H groups in total. The lowest BCUT2D eigenvalue weighted by Crippen LogP contribution is -2.05. The molecule has 0 bridgehead atoms. The van der Waals surface area contributed by atoms with E-state index >= 15 is 0 Å². The first-order chi connectivity index (χ1) is 9.16. The number of rotatable bonds is 2. The van der Waals surface area contributed by atoms with Gasteiger partial charge < -0.3 is 9.55 Å². The molecule has 1 fully saturated rings. The van der Waals surface area contributed by atoms with Crippen LogP contribution in [0.25, 0.3) is 11.6 Å². The Labute approximate surface area is 125 Å². The van der Waals surface area contributed by atoms with Crippen LogP contribution in [0.15, 0.2) is 16.9 Å². The van der Waals surface area contributed by atoms with Gasteiger partial charge in [0, 0.05) is 31.1 Å². The lowest BCUT2D eigenvalue weighted by atomic mass is 10.0. The number of halogens is 1. The Morgan fingerprint density at radius 2 is 2.16 bits per heavy atom. The molecule has 2 aromatic rings. The smallest absolute Gasteiger partial charge is 0.175 e. The van der Waals surface area contributed by atoms with Gasteiger partial charge in [-0.05, 0) is 28.8 Å². The van der Waals surface area contributed by atoms with Crippen molar-refractivity contribution in [3.8, 4) is 11.6 Å². The molecule has 2 heterocycles. The van der Waals surface area contributed by atoms with E-state index in [9.17, 15) is 0 Å². The van der Waals surface area contributed by atoms with Gasteiger partial charge >= 0.3 is 0 Å². The van der Waals surface area contributed by atoms with Gasteiger partial charge in [0.2, 0.25) is 0 Å². The lowest BCUT2D eigenvalue weighted by Gasteiger charge is -2.13. The maximum atomic E-state index is 5.37. The summed E-state index contributed by atoms with van der Waals surface area (Å²) in [5, 5.41) is 0. The molecule has 0 amide bonds. The molecule has 0 radical (unpaired) electrons. The summed E-state index contributed by atoms with van der Waals surface area (Å²) >= 11 is 8.95. The molecule has 100 valence electrons. The third kappa shape index (κ3) is 2.39. The Hall–Kier alpha value is -1.01. The Morgan fingerprint density at radius 1 is 1.42 bits per heavy atom. The molecule has 0 atom stereocenters. The van der Waals surface area contributed by atoms with Crippen molar-refractivity contribution in [2.24, 2.45) is 7.05 Å². The van der Waals surface area contributed by atoms with Gasteiger partial charge in [-0.1, -0.05) is 25.1 Å². The van der Waals surface area contributed by atoms with Gasteiger partial charge in [0.15, 0.2) is 11.6 Å². The largest absolute Gasteiger partial charge is 0.339 e. The first kappa shape index (κ1) is 13.0. The minimum atomic E-state index is 0.554. The van der Waals surface area contributed by atoms with Crippen molar-refractivity contribution >= 4 is 28.1 Å². The number of hydrogen-bond acceptors (Lipinski definition) is 3. The zero-order chi connectivity index (χ0) is 13.4. The van der Waals surface area contributed by atoms with E-state index < -0.39 is 0 Å². The van der Waals surface area contributed by atoms with Crippen molar-refractivity contribution in [2.45, 2.75) is 31.6 Å². The number of imidazole rings is 1. The van der Waals surface area contributed by atoms with Crippen molar-refractivity contribution < 1.29 is 0 Å². The number of H-pyrrole nitrogens is 1. The second kappa shape index (κ2) is 5.17. The summed E-state index contributed by atoms with van der Waals surface area (Å²) in [6, 6.07) is 0. The molecule has 0 aromatic carbocycles. The summed E-state index contributed by atoms with van der Waals surface area (Å²) in [4.78, 5) is 12.2. The molecule has 2 aromatic heterocycles. The quantitative estimate of drug-likeness (QED) is 0.843. The number of aromatic amines is 1. The average molecular weight is 339 g/mol. The van der Waals surface area contributed by atoms with E-state index in [2.05, 4.69) is 30.9 Å². The van der Waals surface area contributed by atoms with E-state index in [1.54, 1.807) is 6.20 Å². The van der Waals surface area contributed by atoms with Crippen LogP contribution in [0.3, 0.4) is 0 Å². The number of nitrogens with one attached hydrogen (secondary N) is 1. The normalized spacial score (nSPS) is 16.1. The fourth-order valence-electron chi connectivity index (χ4n) is 2.67. The van der Waals surface area contributed by atoms with Gasteiger partial charge in [-0.25, -0.2) is 9.97 Å². The summed E-state index contributed by atoms with van der Waals surface area (Å²) in [6.45, 7) is 0. The molecule has 1 aliphatic carbocycles. The highest BCUT2D eigenvalue weighted by Crippen LogP contribution is 2.37. The molecular weight excluding hydrogens is 324 g/mol. The van der Waals surface area contributed by atoms with E-state index in [4.69, 9.17) is 12.2 Å². The van der Waals surface area contributed by atoms with Gasteiger partial charge in [0.25, 0.3) is 0 Å². The molecular formula is C13H15BrN4S. The molecule has 19 heavy (non-hydrogen) atoms. The fraction of sp³-hybridized carbons (Fsp3) is 0.462. The monoisotopic (exact) mass is 338 g/mol. The number of aryl methyl sites for hydroxylation is 1. The highest BCUT2D eigenvalue weighted by Gasteiger charge is 2.22. The van der Waals surface area contributed by atoms with E-state index in [1.807, 2.05) is 17.8 Å². The standard InChI is InChI=1S/C13H15BrN4S/c1-18-7-6-15-12(18)11-16-10(8-4-2-3-5-8)9(14)13(19)17-11/h6-8H,2-5H2,1H3,(H,16,17,19). The van der Waals surface area contributed by atoms with Gasteiger partial charge in [0.1, 0.15) is 4.64 Å². The van der Waals surface area contributed by atoms with E-state index in [1.165, 1.54) is 31.4 Å². The summed E-state index contributed by atoms with van der Waals surface area (Å²) in [7, 11) is 1.96. The molecule has 3 rings (SSSR count). The molecule has 0 saturated heterocycles. The zero-order valence-corrected chi connectivity index (χ0v) is 13.1. The van der Waals surface area contributed by atoms with Crippen molar-refractivity contribution in [3.05, 3.63) is 27.2 Å². The summed E-state index contributed by atoms with van der Waals surface area (Å²) in [5.74, 6) is 2.12. The second-order valence-electron chi connectivity index (χ2n) is 4.96. The van der Waals surface area contributed by atoms with Gasteiger partial charge in [-0.2, -0.15) is 0 Å². The van der Waals surface area contributed by atoms with Crippen LogP contribution in [0, 0.1) is 4.64 Å². The van der Waals surface area contributed by atoms with Gasteiger partial charge in [-0.15, -0.1) is 0 Å². The molecule has 6 heteroatoms. The minimum absolute atomic E-state index is 0.554. The number of hydrogen-bond donors (Lipinski definition) is 1.